The number of rotatable bonds is 2. The molecule has 0 unspecified atom stereocenters. The molecule has 0 radical (unpaired) electrons. The number of aromatic hydroxyl groups is 1. The minimum atomic E-state index is -0.404. The van der Waals surface area contributed by atoms with Crippen molar-refractivity contribution < 1.29 is 19.4 Å². The minimum absolute atomic E-state index is 0.111. The van der Waals surface area contributed by atoms with Crippen LogP contribution in [0.1, 0.15) is 10.4 Å². The third-order valence-electron chi connectivity index (χ3n) is 2.48. The van der Waals surface area contributed by atoms with Crippen molar-refractivity contribution in [1.29, 1.82) is 0 Å². The van der Waals surface area contributed by atoms with Gasteiger partial charge in [-0.25, -0.2) is 4.79 Å². The Morgan fingerprint density at radius 3 is 2.18 bits per heavy atom. The van der Waals surface area contributed by atoms with Crippen LogP contribution in [0, 0.1) is 0 Å². The van der Waals surface area contributed by atoms with Gasteiger partial charge in [0.15, 0.2) is 0 Å². The monoisotopic (exact) mass is 450 g/mol. The molecule has 0 saturated heterocycles. The molecular formula is C15H13Br2ClO4. The van der Waals surface area contributed by atoms with E-state index in [-0.39, 0.29) is 5.75 Å². The van der Waals surface area contributed by atoms with E-state index in [0.29, 0.717) is 16.3 Å². The highest BCUT2D eigenvalue weighted by Crippen LogP contribution is 2.26. The van der Waals surface area contributed by atoms with Crippen LogP contribution in [0.25, 0.3) is 0 Å². The quantitative estimate of drug-likeness (QED) is 0.648. The summed E-state index contributed by atoms with van der Waals surface area (Å²) in [5.41, 5.74) is 0.416. The Morgan fingerprint density at radius 2 is 1.68 bits per heavy atom. The lowest BCUT2D eigenvalue weighted by atomic mass is 10.2. The van der Waals surface area contributed by atoms with E-state index in [1.165, 1.54) is 20.3 Å². The van der Waals surface area contributed by atoms with Gasteiger partial charge in [-0.1, -0.05) is 43.5 Å². The highest BCUT2D eigenvalue weighted by atomic mass is 79.9. The summed E-state index contributed by atoms with van der Waals surface area (Å²) in [7, 11) is 2.85. The average molecular weight is 453 g/mol. The fourth-order valence-corrected chi connectivity index (χ4v) is 2.47. The first-order valence-corrected chi connectivity index (χ1v) is 7.91. The van der Waals surface area contributed by atoms with Crippen molar-refractivity contribution in [2.45, 2.75) is 0 Å². The van der Waals surface area contributed by atoms with Gasteiger partial charge in [0.2, 0.25) is 0 Å². The van der Waals surface area contributed by atoms with Crippen molar-refractivity contribution in [3.8, 4) is 11.5 Å². The van der Waals surface area contributed by atoms with Crippen molar-refractivity contribution in [2.75, 3.05) is 14.2 Å². The van der Waals surface area contributed by atoms with Crippen LogP contribution < -0.4 is 4.74 Å². The molecule has 7 heteroatoms. The van der Waals surface area contributed by atoms with E-state index in [9.17, 15) is 4.79 Å². The number of ether oxygens (including phenoxy) is 2. The zero-order chi connectivity index (χ0) is 16.7. The molecule has 0 bridgehead atoms. The Morgan fingerprint density at radius 1 is 1.09 bits per heavy atom. The Kier molecular flexibility index (Phi) is 7.72. The number of halogens is 3. The van der Waals surface area contributed by atoms with Gasteiger partial charge in [0.25, 0.3) is 0 Å². The molecule has 0 amide bonds. The second-order valence-electron chi connectivity index (χ2n) is 3.93. The Labute approximate surface area is 150 Å². The van der Waals surface area contributed by atoms with Crippen LogP contribution in [0.2, 0.25) is 5.02 Å². The molecular weight excluding hydrogens is 439 g/mol. The normalized spacial score (nSPS) is 9.50. The van der Waals surface area contributed by atoms with Crippen LogP contribution in [-0.2, 0) is 4.74 Å². The zero-order valence-electron chi connectivity index (χ0n) is 11.8. The minimum Gasteiger partial charge on any atom is -0.506 e. The van der Waals surface area contributed by atoms with Gasteiger partial charge in [0.05, 0.1) is 19.2 Å². The van der Waals surface area contributed by atoms with E-state index in [0.717, 1.165) is 8.95 Å². The van der Waals surface area contributed by atoms with Crippen molar-refractivity contribution in [1.82, 2.24) is 0 Å². The van der Waals surface area contributed by atoms with Gasteiger partial charge < -0.3 is 14.6 Å². The largest absolute Gasteiger partial charge is 0.506 e. The number of phenols is 1. The van der Waals surface area contributed by atoms with Crippen molar-refractivity contribution in [3.05, 3.63) is 55.9 Å². The van der Waals surface area contributed by atoms with Crippen LogP contribution in [0.15, 0.2) is 45.3 Å². The van der Waals surface area contributed by atoms with Crippen LogP contribution >= 0.6 is 43.5 Å². The fraction of sp³-hybridized carbons (Fsp3) is 0.133. The van der Waals surface area contributed by atoms with Gasteiger partial charge in [-0.3, -0.25) is 0 Å². The summed E-state index contributed by atoms with van der Waals surface area (Å²) in [5, 5.41) is 9.26. The summed E-state index contributed by atoms with van der Waals surface area (Å²) in [6.45, 7) is 0. The van der Waals surface area contributed by atoms with Crippen LogP contribution in [0.5, 0.6) is 11.5 Å². The molecule has 4 nitrogen and oxygen atoms in total. The molecule has 0 atom stereocenters. The first-order chi connectivity index (χ1) is 10.4. The van der Waals surface area contributed by atoms with E-state index in [1.807, 2.05) is 0 Å². The lowest BCUT2D eigenvalue weighted by Crippen LogP contribution is -2.03. The third kappa shape index (κ3) is 5.51. The summed E-state index contributed by atoms with van der Waals surface area (Å²) in [6, 6.07) is 10.1. The number of hydrogen-bond acceptors (Lipinski definition) is 4. The molecule has 0 heterocycles. The van der Waals surface area contributed by atoms with Gasteiger partial charge in [0.1, 0.15) is 17.1 Å². The third-order valence-corrected chi connectivity index (χ3v) is 3.77. The highest BCUT2D eigenvalue weighted by Gasteiger charge is 2.12. The summed E-state index contributed by atoms with van der Waals surface area (Å²) < 4.78 is 11.3. The summed E-state index contributed by atoms with van der Waals surface area (Å²) in [4.78, 5) is 11.2. The number of hydrogen-bond donors (Lipinski definition) is 1. The molecule has 0 spiro atoms. The maximum absolute atomic E-state index is 11.2. The molecule has 2 rings (SSSR count). The van der Waals surface area contributed by atoms with Crippen LogP contribution in [0.3, 0.4) is 0 Å². The Hall–Kier alpha value is -1.24. The van der Waals surface area contributed by atoms with Crippen molar-refractivity contribution in [3.63, 3.8) is 0 Å². The maximum Gasteiger partial charge on any atom is 0.341 e. The standard InChI is InChI=1S/C9H9BrO3.C6H4BrClO/c1-12-8-4-3-6(10)5-7(8)9(11)13-2;7-4-1-2-6(9)5(8)3-4/h3-5H,1-2H3;1-3,9H. The average Bonchev–Trinajstić information content (AvgIpc) is 2.51. The Bertz CT molecular complexity index is 662. The molecule has 0 aliphatic carbocycles. The molecule has 22 heavy (non-hydrogen) atoms. The highest BCUT2D eigenvalue weighted by molar-refractivity contribution is 9.10. The number of methoxy groups -OCH3 is 2. The second kappa shape index (κ2) is 9.02. The van der Waals surface area contributed by atoms with E-state index in [2.05, 4.69) is 36.6 Å². The van der Waals surface area contributed by atoms with E-state index >= 15 is 0 Å². The van der Waals surface area contributed by atoms with Crippen molar-refractivity contribution in [2.24, 2.45) is 0 Å². The van der Waals surface area contributed by atoms with Gasteiger partial charge in [-0.2, -0.15) is 0 Å². The van der Waals surface area contributed by atoms with E-state index in [4.69, 9.17) is 21.4 Å². The predicted molar refractivity (Wildman–Crippen MR) is 92.9 cm³/mol. The zero-order valence-corrected chi connectivity index (χ0v) is 15.7. The smallest absolute Gasteiger partial charge is 0.341 e. The first-order valence-electron chi connectivity index (χ1n) is 5.95. The fourth-order valence-electron chi connectivity index (χ4n) is 1.43. The summed E-state index contributed by atoms with van der Waals surface area (Å²) in [6.07, 6.45) is 0. The van der Waals surface area contributed by atoms with Gasteiger partial charge >= 0.3 is 5.97 Å². The number of esters is 1. The lowest BCUT2D eigenvalue weighted by Gasteiger charge is -2.06. The van der Waals surface area contributed by atoms with Gasteiger partial charge in [-0.05, 0) is 36.4 Å². The van der Waals surface area contributed by atoms with E-state index in [1.54, 1.807) is 30.3 Å². The maximum atomic E-state index is 11.2. The van der Waals surface area contributed by atoms with Crippen LogP contribution in [0.4, 0.5) is 0 Å². The van der Waals surface area contributed by atoms with Crippen LogP contribution in [-0.4, -0.2) is 25.3 Å². The Balaban J connectivity index is 0.000000235. The molecule has 0 aliphatic rings. The van der Waals surface area contributed by atoms with Gasteiger partial charge in [-0.15, -0.1) is 0 Å². The predicted octanol–water partition coefficient (Wildman–Crippen LogP) is 5.05. The molecule has 0 aliphatic heterocycles. The second-order valence-corrected chi connectivity index (χ2v) is 6.17. The van der Waals surface area contributed by atoms with Gasteiger partial charge in [0, 0.05) is 8.95 Å². The molecule has 2 aromatic carbocycles. The topological polar surface area (TPSA) is 55.8 Å². The molecule has 1 N–H and O–H groups in total. The van der Waals surface area contributed by atoms with E-state index < -0.39 is 5.97 Å². The molecule has 0 aromatic heterocycles. The molecule has 118 valence electrons. The van der Waals surface area contributed by atoms with Crippen molar-refractivity contribution >= 4 is 49.4 Å². The number of carbonyl (C=O) groups excluding carboxylic acids is 1. The molecule has 0 fully saturated rings. The SMILES string of the molecule is COC(=O)c1cc(Br)ccc1OC.Oc1ccc(Br)cc1Cl. The molecule has 0 saturated carbocycles. The summed E-state index contributed by atoms with van der Waals surface area (Å²) in [5.74, 6) is 0.216. The number of benzene rings is 2. The summed E-state index contributed by atoms with van der Waals surface area (Å²) >= 11 is 12.0. The number of phenolic OH excluding ortho intramolecular Hbond substituents is 1. The first kappa shape index (κ1) is 18.8. The number of carbonyl (C=O) groups is 1. The lowest BCUT2D eigenvalue weighted by molar-refractivity contribution is 0.0597. The molecule has 2 aromatic rings.